The van der Waals surface area contributed by atoms with Gasteiger partial charge in [-0.2, -0.15) is 13.2 Å². The number of nitrogens with zero attached hydrogens (tertiary/aromatic N) is 3. The maximum Gasteiger partial charge on any atom is 0.418 e. The summed E-state index contributed by atoms with van der Waals surface area (Å²) in [6, 6.07) is 12.9. The molecule has 0 saturated carbocycles. The minimum absolute atomic E-state index is 0.0641. The van der Waals surface area contributed by atoms with Crippen molar-refractivity contribution >= 4 is 17.3 Å². The summed E-state index contributed by atoms with van der Waals surface area (Å²) in [5.74, 6) is 0. The van der Waals surface area contributed by atoms with Crippen LogP contribution >= 0.6 is 12.2 Å². The number of nitrogens with one attached hydrogen (secondary N) is 1. The SMILES string of the molecule is Cc1cc([C@@H]2[C@H](c3ccccn3)NC(=S)N2C[C@@H]2CCCO2)c(C)n1-c1ccccc1C(F)(F)F. The molecule has 5 rings (SSSR count). The van der Waals surface area contributed by atoms with Crippen molar-refractivity contribution in [2.75, 3.05) is 13.2 Å². The molecule has 0 radical (unpaired) electrons. The first-order chi connectivity index (χ1) is 16.8. The molecule has 3 atom stereocenters. The molecule has 5 nitrogen and oxygen atoms in total. The number of hydrogen-bond acceptors (Lipinski definition) is 3. The van der Waals surface area contributed by atoms with Crippen molar-refractivity contribution in [2.24, 2.45) is 0 Å². The van der Waals surface area contributed by atoms with Crippen LogP contribution in [0.1, 0.15) is 53.1 Å². The summed E-state index contributed by atoms with van der Waals surface area (Å²) >= 11 is 5.75. The Morgan fingerprint density at radius 3 is 2.60 bits per heavy atom. The zero-order chi connectivity index (χ0) is 24.7. The molecule has 3 aromatic rings. The molecule has 0 aliphatic carbocycles. The van der Waals surface area contributed by atoms with E-state index in [9.17, 15) is 13.2 Å². The van der Waals surface area contributed by atoms with Gasteiger partial charge in [-0.15, -0.1) is 0 Å². The van der Waals surface area contributed by atoms with Crippen molar-refractivity contribution in [1.82, 2.24) is 19.8 Å². The van der Waals surface area contributed by atoms with E-state index in [4.69, 9.17) is 17.0 Å². The Morgan fingerprint density at radius 2 is 1.91 bits per heavy atom. The summed E-state index contributed by atoms with van der Waals surface area (Å²) in [4.78, 5) is 6.68. The Labute approximate surface area is 207 Å². The van der Waals surface area contributed by atoms with E-state index in [1.807, 2.05) is 38.1 Å². The van der Waals surface area contributed by atoms with Gasteiger partial charge in [-0.05, 0) is 74.8 Å². The third-order valence-corrected chi connectivity index (χ3v) is 7.21. The lowest BCUT2D eigenvalue weighted by Crippen LogP contribution is -2.36. The van der Waals surface area contributed by atoms with E-state index >= 15 is 0 Å². The number of aromatic nitrogens is 2. The van der Waals surface area contributed by atoms with Gasteiger partial charge in [0.1, 0.15) is 0 Å². The van der Waals surface area contributed by atoms with Gasteiger partial charge in [0.25, 0.3) is 0 Å². The van der Waals surface area contributed by atoms with E-state index in [-0.39, 0.29) is 23.9 Å². The van der Waals surface area contributed by atoms with E-state index in [0.717, 1.165) is 48.2 Å². The number of ether oxygens (including phenoxy) is 1. The zero-order valence-electron chi connectivity index (χ0n) is 19.5. The van der Waals surface area contributed by atoms with Gasteiger partial charge in [-0.1, -0.05) is 18.2 Å². The third-order valence-electron chi connectivity index (χ3n) is 6.86. The fraction of sp³-hybridized carbons (Fsp3) is 0.385. The molecule has 2 fully saturated rings. The maximum absolute atomic E-state index is 13.9. The van der Waals surface area contributed by atoms with E-state index in [1.54, 1.807) is 16.8 Å². The summed E-state index contributed by atoms with van der Waals surface area (Å²) < 4.78 is 49.2. The highest BCUT2D eigenvalue weighted by Crippen LogP contribution is 2.43. The number of pyridine rings is 1. The Bertz CT molecular complexity index is 1220. The highest BCUT2D eigenvalue weighted by Gasteiger charge is 2.43. The molecular weight excluding hydrogens is 473 g/mol. The molecule has 0 spiro atoms. The summed E-state index contributed by atoms with van der Waals surface area (Å²) in [5, 5.41) is 4.02. The predicted molar refractivity (Wildman–Crippen MR) is 131 cm³/mol. The van der Waals surface area contributed by atoms with Gasteiger partial charge in [0.05, 0.1) is 35.1 Å². The molecule has 2 saturated heterocycles. The zero-order valence-corrected chi connectivity index (χ0v) is 20.4. The van der Waals surface area contributed by atoms with Gasteiger partial charge in [0.15, 0.2) is 5.11 Å². The van der Waals surface area contributed by atoms with E-state index < -0.39 is 11.7 Å². The lowest BCUT2D eigenvalue weighted by atomic mass is 9.96. The average Bonchev–Trinajstić information content (AvgIpc) is 3.53. The van der Waals surface area contributed by atoms with Crippen LogP contribution < -0.4 is 5.32 Å². The Morgan fingerprint density at radius 1 is 1.14 bits per heavy atom. The van der Waals surface area contributed by atoms with Crippen LogP contribution in [0, 0.1) is 13.8 Å². The third kappa shape index (κ3) is 4.43. The maximum atomic E-state index is 13.9. The molecule has 9 heteroatoms. The van der Waals surface area contributed by atoms with Crippen molar-refractivity contribution in [3.8, 4) is 5.69 Å². The summed E-state index contributed by atoms with van der Waals surface area (Å²) in [5.41, 5.74) is 2.68. The van der Waals surface area contributed by atoms with Gasteiger partial charge < -0.3 is 19.5 Å². The normalized spacial score (nSPS) is 22.6. The molecule has 0 amide bonds. The highest BCUT2D eigenvalue weighted by molar-refractivity contribution is 7.80. The molecular formula is C26H27F3N4OS. The average molecular weight is 501 g/mol. The van der Waals surface area contributed by atoms with E-state index in [0.29, 0.717) is 11.7 Å². The lowest BCUT2D eigenvalue weighted by molar-refractivity contribution is -0.137. The molecule has 2 aromatic heterocycles. The summed E-state index contributed by atoms with van der Waals surface area (Å²) in [7, 11) is 0. The summed E-state index contributed by atoms with van der Waals surface area (Å²) in [6.07, 6.45) is -0.691. The smallest absolute Gasteiger partial charge is 0.376 e. The van der Waals surface area contributed by atoms with Crippen LogP contribution in [0.15, 0.2) is 54.7 Å². The molecule has 1 aromatic carbocycles. The molecule has 2 aliphatic heterocycles. The quantitative estimate of drug-likeness (QED) is 0.458. The summed E-state index contributed by atoms with van der Waals surface area (Å²) in [6.45, 7) is 5.06. The van der Waals surface area contributed by atoms with Crippen molar-refractivity contribution < 1.29 is 17.9 Å². The molecule has 1 N–H and O–H groups in total. The Hall–Kier alpha value is -2.91. The number of aryl methyl sites for hydroxylation is 1. The molecule has 0 bridgehead atoms. The second-order valence-corrected chi connectivity index (χ2v) is 9.48. The lowest BCUT2D eigenvalue weighted by Gasteiger charge is -2.30. The number of thiocarbonyl (C=S) groups is 1. The highest BCUT2D eigenvalue weighted by atomic mass is 32.1. The van der Waals surface area contributed by atoms with Crippen LogP contribution in [0.5, 0.6) is 0 Å². The number of halogens is 3. The van der Waals surface area contributed by atoms with Crippen LogP contribution in [0.2, 0.25) is 0 Å². The van der Waals surface area contributed by atoms with Crippen LogP contribution in [-0.4, -0.2) is 38.8 Å². The molecule has 184 valence electrons. The van der Waals surface area contributed by atoms with E-state index in [2.05, 4.69) is 15.2 Å². The molecule has 2 aliphatic rings. The van der Waals surface area contributed by atoms with Crippen LogP contribution in [0.25, 0.3) is 5.69 Å². The standard InChI is InChI=1S/C26H27F3N4OS/c1-16-14-19(17(2)33(16)22-11-4-3-9-20(22)26(27,28)29)24-23(21-10-5-6-12-30-21)31-25(35)32(24)15-18-8-7-13-34-18/h3-6,9-12,14,18,23-24H,7-8,13,15H2,1-2H3,(H,31,35)/t18-,23-,24+/m0/s1. The minimum atomic E-state index is -4.46. The second-order valence-electron chi connectivity index (χ2n) is 9.09. The van der Waals surface area contributed by atoms with Crippen molar-refractivity contribution in [3.05, 3.63) is 82.9 Å². The molecule has 4 heterocycles. The van der Waals surface area contributed by atoms with Crippen molar-refractivity contribution in [2.45, 2.75) is 51.1 Å². The fourth-order valence-corrected chi connectivity index (χ4v) is 5.63. The first-order valence-electron chi connectivity index (χ1n) is 11.7. The number of alkyl halides is 3. The number of benzene rings is 1. The molecule has 35 heavy (non-hydrogen) atoms. The van der Waals surface area contributed by atoms with E-state index in [1.165, 1.54) is 12.1 Å². The first-order valence-corrected chi connectivity index (χ1v) is 12.1. The van der Waals surface area contributed by atoms with Crippen molar-refractivity contribution in [1.29, 1.82) is 0 Å². The van der Waals surface area contributed by atoms with Crippen molar-refractivity contribution in [3.63, 3.8) is 0 Å². The van der Waals surface area contributed by atoms with Gasteiger partial charge in [-0.25, -0.2) is 0 Å². The number of para-hydroxylation sites is 1. The monoisotopic (exact) mass is 500 g/mol. The Kier molecular flexibility index (Phi) is 6.31. The predicted octanol–water partition coefficient (Wildman–Crippen LogP) is 5.66. The fourth-order valence-electron chi connectivity index (χ4n) is 5.31. The second kappa shape index (κ2) is 9.28. The first kappa shape index (κ1) is 23.8. The number of hydrogen-bond donors (Lipinski definition) is 1. The van der Waals surface area contributed by atoms with Gasteiger partial charge in [0.2, 0.25) is 0 Å². The van der Waals surface area contributed by atoms with Crippen LogP contribution in [-0.2, 0) is 10.9 Å². The number of rotatable bonds is 5. The van der Waals surface area contributed by atoms with Gasteiger partial charge >= 0.3 is 6.18 Å². The van der Waals surface area contributed by atoms with Crippen LogP contribution in [0.3, 0.4) is 0 Å². The largest absolute Gasteiger partial charge is 0.418 e. The topological polar surface area (TPSA) is 42.3 Å². The van der Waals surface area contributed by atoms with Crippen LogP contribution in [0.4, 0.5) is 13.2 Å². The van der Waals surface area contributed by atoms with Gasteiger partial charge in [0, 0.05) is 30.7 Å². The Balaban J connectivity index is 1.62. The minimum Gasteiger partial charge on any atom is -0.376 e. The van der Waals surface area contributed by atoms with Gasteiger partial charge in [-0.3, -0.25) is 4.98 Å². The molecule has 0 unspecified atom stereocenters.